The molecule has 1 amide bonds. The van der Waals surface area contributed by atoms with Crippen LogP contribution in [-0.4, -0.2) is 91.6 Å². The Kier molecular flexibility index (Phi) is 7.81. The van der Waals surface area contributed by atoms with Crippen LogP contribution < -0.4 is 9.64 Å². The zero-order valence-corrected chi connectivity index (χ0v) is 20.0. The van der Waals surface area contributed by atoms with Crippen molar-refractivity contribution in [3.63, 3.8) is 0 Å². The first-order chi connectivity index (χ1) is 14.2. The number of carbonyl (C=O) groups excluding carboxylic acids is 1. The van der Waals surface area contributed by atoms with Crippen LogP contribution in [0.3, 0.4) is 0 Å². The first kappa shape index (κ1) is 23.1. The average molecular weight is 485 g/mol. The Morgan fingerprint density at radius 3 is 2.67 bits per heavy atom. The minimum atomic E-state index is -0.488. The summed E-state index contributed by atoms with van der Waals surface area (Å²) >= 11 is 3.54. The van der Waals surface area contributed by atoms with Crippen LogP contribution in [0.5, 0.6) is 5.75 Å². The highest BCUT2D eigenvalue weighted by molar-refractivity contribution is 9.10. The number of piperazine rings is 1. The molecular weight excluding hydrogens is 452 g/mol. The topological polar surface area (TPSA) is 67.4 Å². The van der Waals surface area contributed by atoms with Crippen LogP contribution in [-0.2, 0) is 9.47 Å². The maximum Gasteiger partial charge on any atom is 0.410 e. The van der Waals surface area contributed by atoms with Gasteiger partial charge in [0, 0.05) is 57.6 Å². The van der Waals surface area contributed by atoms with Crippen molar-refractivity contribution < 1.29 is 19.0 Å². The molecule has 0 spiro atoms. The molecule has 0 radical (unpaired) electrons. The molecule has 0 bridgehead atoms. The zero-order chi connectivity index (χ0) is 21.7. The van der Waals surface area contributed by atoms with E-state index in [2.05, 4.69) is 37.6 Å². The van der Waals surface area contributed by atoms with E-state index in [1.165, 1.54) is 0 Å². The lowest BCUT2D eigenvalue weighted by Crippen LogP contribution is -2.54. The van der Waals surface area contributed by atoms with Crippen molar-refractivity contribution in [1.29, 1.82) is 0 Å². The summed E-state index contributed by atoms with van der Waals surface area (Å²) < 4.78 is 17.8. The van der Waals surface area contributed by atoms with Gasteiger partial charge in [-0.15, -0.1) is 0 Å². The van der Waals surface area contributed by atoms with Gasteiger partial charge in [0.15, 0.2) is 0 Å². The molecule has 168 valence electrons. The number of aromatic nitrogens is 1. The molecule has 0 N–H and O–H groups in total. The van der Waals surface area contributed by atoms with Gasteiger partial charge in [-0.05, 0) is 43.6 Å². The molecule has 2 aliphatic heterocycles. The molecule has 1 aromatic heterocycles. The SMILES string of the molecule is CC1CN(C(=O)OC(C)(C)C)CCN1c1cc(OCCN2CCOCC2)c(Br)cn1. The predicted molar refractivity (Wildman–Crippen MR) is 119 cm³/mol. The molecule has 8 nitrogen and oxygen atoms in total. The number of amides is 1. The number of rotatable bonds is 5. The fourth-order valence-corrected chi connectivity index (χ4v) is 3.91. The van der Waals surface area contributed by atoms with Crippen molar-refractivity contribution in [2.45, 2.75) is 39.3 Å². The van der Waals surface area contributed by atoms with Crippen molar-refractivity contribution in [1.82, 2.24) is 14.8 Å². The van der Waals surface area contributed by atoms with Gasteiger partial charge in [-0.2, -0.15) is 0 Å². The lowest BCUT2D eigenvalue weighted by molar-refractivity contribution is 0.0218. The summed E-state index contributed by atoms with van der Waals surface area (Å²) in [7, 11) is 0. The third-order valence-corrected chi connectivity index (χ3v) is 5.74. The summed E-state index contributed by atoms with van der Waals surface area (Å²) in [6, 6.07) is 2.10. The third kappa shape index (κ3) is 6.46. The summed E-state index contributed by atoms with van der Waals surface area (Å²) in [5, 5.41) is 0. The van der Waals surface area contributed by atoms with Gasteiger partial charge in [-0.1, -0.05) is 0 Å². The minimum absolute atomic E-state index is 0.126. The van der Waals surface area contributed by atoms with Crippen LogP contribution >= 0.6 is 15.9 Å². The number of halogens is 1. The van der Waals surface area contributed by atoms with Crippen molar-refractivity contribution in [2.75, 3.05) is 64.0 Å². The zero-order valence-electron chi connectivity index (χ0n) is 18.4. The highest BCUT2D eigenvalue weighted by Gasteiger charge is 2.30. The van der Waals surface area contributed by atoms with E-state index < -0.39 is 5.60 Å². The maximum atomic E-state index is 12.4. The van der Waals surface area contributed by atoms with Crippen LogP contribution in [0.15, 0.2) is 16.7 Å². The van der Waals surface area contributed by atoms with Crippen molar-refractivity contribution >= 4 is 27.8 Å². The van der Waals surface area contributed by atoms with Crippen LogP contribution in [0.1, 0.15) is 27.7 Å². The quantitative estimate of drug-likeness (QED) is 0.635. The summed E-state index contributed by atoms with van der Waals surface area (Å²) in [5.74, 6) is 1.64. The Morgan fingerprint density at radius 2 is 2.00 bits per heavy atom. The molecule has 2 saturated heterocycles. The van der Waals surface area contributed by atoms with Gasteiger partial charge in [0.1, 0.15) is 23.8 Å². The average Bonchev–Trinajstić information content (AvgIpc) is 2.69. The summed E-state index contributed by atoms with van der Waals surface area (Å²) in [6.07, 6.45) is 1.52. The first-order valence-corrected chi connectivity index (χ1v) is 11.4. The van der Waals surface area contributed by atoms with Gasteiger partial charge in [0.25, 0.3) is 0 Å². The molecule has 3 heterocycles. The molecule has 0 saturated carbocycles. The highest BCUT2D eigenvalue weighted by Crippen LogP contribution is 2.30. The second-order valence-electron chi connectivity index (χ2n) is 8.74. The van der Waals surface area contributed by atoms with Crippen LogP contribution in [0, 0.1) is 0 Å². The third-order valence-electron chi connectivity index (χ3n) is 5.15. The number of carbonyl (C=O) groups is 1. The predicted octanol–water partition coefficient (Wildman–Crippen LogP) is 3.00. The van der Waals surface area contributed by atoms with Gasteiger partial charge in [0.05, 0.1) is 17.7 Å². The van der Waals surface area contributed by atoms with Crippen molar-refractivity contribution in [3.05, 3.63) is 16.7 Å². The smallest absolute Gasteiger partial charge is 0.410 e. The van der Waals surface area contributed by atoms with Crippen LogP contribution in [0.2, 0.25) is 0 Å². The first-order valence-electron chi connectivity index (χ1n) is 10.6. The Labute approximate surface area is 187 Å². The molecule has 0 aliphatic carbocycles. The summed E-state index contributed by atoms with van der Waals surface area (Å²) in [4.78, 5) is 23.3. The van der Waals surface area contributed by atoms with Gasteiger partial charge in [-0.3, -0.25) is 4.90 Å². The second kappa shape index (κ2) is 10.2. The van der Waals surface area contributed by atoms with Crippen LogP contribution in [0.25, 0.3) is 0 Å². The van der Waals surface area contributed by atoms with Gasteiger partial charge in [-0.25, -0.2) is 9.78 Å². The van der Waals surface area contributed by atoms with E-state index in [9.17, 15) is 4.79 Å². The Balaban J connectivity index is 1.56. The Bertz CT molecular complexity index is 721. The van der Waals surface area contributed by atoms with Gasteiger partial charge < -0.3 is 24.0 Å². The van der Waals surface area contributed by atoms with E-state index in [1.807, 2.05) is 26.8 Å². The lowest BCUT2D eigenvalue weighted by atomic mass is 10.2. The van der Waals surface area contributed by atoms with E-state index in [0.717, 1.165) is 48.9 Å². The van der Waals surface area contributed by atoms with Crippen molar-refractivity contribution in [3.8, 4) is 5.75 Å². The van der Waals surface area contributed by atoms with E-state index in [4.69, 9.17) is 14.2 Å². The highest BCUT2D eigenvalue weighted by atomic mass is 79.9. The number of nitrogens with zero attached hydrogens (tertiary/aromatic N) is 4. The fraction of sp³-hybridized carbons (Fsp3) is 0.714. The second-order valence-corrected chi connectivity index (χ2v) is 9.60. The molecule has 1 aromatic rings. The van der Waals surface area contributed by atoms with Crippen LogP contribution in [0.4, 0.5) is 10.6 Å². The lowest BCUT2D eigenvalue weighted by Gasteiger charge is -2.40. The Hall–Kier alpha value is -1.58. The van der Waals surface area contributed by atoms with E-state index in [0.29, 0.717) is 26.2 Å². The van der Waals surface area contributed by atoms with Gasteiger partial charge in [0.2, 0.25) is 0 Å². The summed E-state index contributed by atoms with van der Waals surface area (Å²) in [5.41, 5.74) is -0.488. The number of ether oxygens (including phenoxy) is 3. The molecule has 1 unspecified atom stereocenters. The molecule has 2 fully saturated rings. The largest absolute Gasteiger partial charge is 0.491 e. The van der Waals surface area contributed by atoms with E-state index in [-0.39, 0.29) is 12.1 Å². The minimum Gasteiger partial charge on any atom is -0.491 e. The molecule has 3 rings (SSSR count). The molecular formula is C21H33BrN4O4. The monoisotopic (exact) mass is 484 g/mol. The molecule has 30 heavy (non-hydrogen) atoms. The van der Waals surface area contributed by atoms with Gasteiger partial charge >= 0.3 is 6.09 Å². The van der Waals surface area contributed by atoms with E-state index >= 15 is 0 Å². The maximum absolute atomic E-state index is 12.4. The molecule has 9 heteroatoms. The number of hydrogen-bond acceptors (Lipinski definition) is 7. The molecule has 2 aliphatic rings. The molecule has 0 aromatic carbocycles. The number of morpholine rings is 1. The van der Waals surface area contributed by atoms with Crippen molar-refractivity contribution in [2.24, 2.45) is 0 Å². The standard InChI is InChI=1S/C21H33BrN4O4/c1-16-15-25(20(27)30-21(2,3)4)5-6-26(16)19-13-18(17(22)14-23-19)29-12-9-24-7-10-28-11-8-24/h13-14,16H,5-12,15H2,1-4H3. The summed E-state index contributed by atoms with van der Waals surface area (Å²) in [6.45, 7) is 14.6. The fourth-order valence-electron chi connectivity index (χ4n) is 3.58. The Morgan fingerprint density at radius 1 is 1.27 bits per heavy atom. The number of hydrogen-bond donors (Lipinski definition) is 0. The molecule has 1 atom stereocenters. The number of pyridine rings is 1. The van der Waals surface area contributed by atoms with E-state index in [1.54, 1.807) is 11.1 Å². The number of anilines is 1. The normalized spacial score (nSPS) is 20.9.